The summed E-state index contributed by atoms with van der Waals surface area (Å²) in [7, 11) is 0. The van der Waals surface area contributed by atoms with Crippen LogP contribution in [0.4, 0.5) is 5.69 Å². The number of aromatic hydroxyl groups is 1. The third kappa shape index (κ3) is 2.23. The van der Waals surface area contributed by atoms with Gasteiger partial charge in [0.05, 0.1) is 5.52 Å². The Kier molecular flexibility index (Phi) is 3.39. The highest BCUT2D eigenvalue weighted by molar-refractivity contribution is 6.09. The van der Waals surface area contributed by atoms with Gasteiger partial charge in [0.25, 0.3) is 11.5 Å². The van der Waals surface area contributed by atoms with Crippen molar-refractivity contribution in [3.05, 3.63) is 69.5 Å². The van der Waals surface area contributed by atoms with E-state index >= 15 is 0 Å². The minimum Gasteiger partial charge on any atom is -0.506 e. The number of rotatable bonds is 2. The number of nitrogens with zero attached hydrogens (tertiary/aromatic N) is 1. The molecule has 1 aromatic heterocycles. The Morgan fingerprint density at radius 1 is 1.20 bits per heavy atom. The first-order valence-electron chi connectivity index (χ1n) is 8.25. The van der Waals surface area contributed by atoms with Gasteiger partial charge >= 0.3 is 0 Å². The number of pyridine rings is 1. The van der Waals surface area contributed by atoms with Crippen LogP contribution in [0.5, 0.6) is 5.75 Å². The number of anilines is 1. The topological polar surface area (TPSA) is 71.3 Å². The second-order valence-electron chi connectivity index (χ2n) is 6.53. The highest BCUT2D eigenvalue weighted by Gasteiger charge is 2.29. The van der Waals surface area contributed by atoms with Gasteiger partial charge in [-0.15, -0.1) is 0 Å². The van der Waals surface area contributed by atoms with Gasteiger partial charge in [-0.3, -0.25) is 9.59 Å². The summed E-state index contributed by atoms with van der Waals surface area (Å²) in [5.41, 5.74) is 2.59. The molecule has 1 atom stereocenters. The second-order valence-corrected chi connectivity index (χ2v) is 6.53. The average Bonchev–Trinajstić information content (AvgIpc) is 2.92. The van der Waals surface area contributed by atoms with Gasteiger partial charge in [0.1, 0.15) is 11.3 Å². The molecule has 0 aliphatic carbocycles. The van der Waals surface area contributed by atoms with Crippen LogP contribution < -0.4 is 10.9 Å². The maximum atomic E-state index is 12.9. The monoisotopic (exact) mass is 334 g/mol. The smallest absolute Gasteiger partial charge is 0.268 e. The van der Waals surface area contributed by atoms with Gasteiger partial charge in [-0.05, 0) is 43.5 Å². The number of hydrogen-bond donors (Lipinski definition) is 2. The van der Waals surface area contributed by atoms with Crippen molar-refractivity contribution in [2.75, 3.05) is 5.32 Å². The normalized spacial score (nSPS) is 15.5. The van der Waals surface area contributed by atoms with E-state index in [1.54, 1.807) is 16.7 Å². The Morgan fingerprint density at radius 3 is 2.72 bits per heavy atom. The summed E-state index contributed by atoms with van der Waals surface area (Å²) in [6.45, 7) is 3.82. The molecule has 1 aliphatic rings. The van der Waals surface area contributed by atoms with Crippen LogP contribution in [0, 0.1) is 6.92 Å². The van der Waals surface area contributed by atoms with Crippen LogP contribution in [0.3, 0.4) is 0 Å². The van der Waals surface area contributed by atoms with Crippen LogP contribution >= 0.6 is 0 Å². The van der Waals surface area contributed by atoms with E-state index in [0.717, 1.165) is 23.1 Å². The number of carbonyl (C=O) groups is 1. The van der Waals surface area contributed by atoms with E-state index in [1.807, 2.05) is 44.2 Å². The lowest BCUT2D eigenvalue weighted by molar-refractivity contribution is 0.102. The maximum Gasteiger partial charge on any atom is 0.268 e. The van der Waals surface area contributed by atoms with Crippen LogP contribution in [-0.4, -0.2) is 15.6 Å². The van der Waals surface area contributed by atoms with E-state index in [0.29, 0.717) is 11.1 Å². The van der Waals surface area contributed by atoms with Crippen molar-refractivity contribution in [2.24, 2.45) is 0 Å². The van der Waals surface area contributed by atoms with Crippen LogP contribution in [0.25, 0.3) is 10.9 Å². The Bertz CT molecular complexity index is 1080. The predicted octanol–water partition coefficient (Wildman–Crippen LogP) is 3.38. The largest absolute Gasteiger partial charge is 0.506 e. The molecule has 0 unspecified atom stereocenters. The highest BCUT2D eigenvalue weighted by atomic mass is 16.3. The van der Waals surface area contributed by atoms with Crippen molar-refractivity contribution in [3.63, 3.8) is 0 Å². The lowest BCUT2D eigenvalue weighted by Gasteiger charge is -2.14. The molecule has 5 heteroatoms. The molecule has 4 rings (SSSR count). The molecule has 0 bridgehead atoms. The Balaban J connectivity index is 1.91. The van der Waals surface area contributed by atoms with Crippen LogP contribution in [0.1, 0.15) is 34.5 Å². The highest BCUT2D eigenvalue weighted by Crippen LogP contribution is 2.36. The predicted molar refractivity (Wildman–Crippen MR) is 97.4 cm³/mol. The van der Waals surface area contributed by atoms with Crippen molar-refractivity contribution in [1.29, 1.82) is 0 Å². The quantitative estimate of drug-likeness (QED) is 0.755. The maximum absolute atomic E-state index is 12.9. The first kappa shape index (κ1) is 15.4. The summed E-state index contributed by atoms with van der Waals surface area (Å²) in [5, 5.41) is 13.9. The zero-order valence-electron chi connectivity index (χ0n) is 14.0. The van der Waals surface area contributed by atoms with Gasteiger partial charge in [0.15, 0.2) is 0 Å². The van der Waals surface area contributed by atoms with Crippen LogP contribution in [0.2, 0.25) is 0 Å². The molecule has 1 aliphatic heterocycles. The number of hydrogen-bond acceptors (Lipinski definition) is 3. The van der Waals surface area contributed by atoms with Crippen molar-refractivity contribution in [1.82, 2.24) is 4.57 Å². The van der Waals surface area contributed by atoms with Crippen LogP contribution in [0.15, 0.2) is 47.3 Å². The second kappa shape index (κ2) is 5.48. The number of benzene rings is 2. The summed E-state index contributed by atoms with van der Waals surface area (Å²) in [6.07, 6.45) is 0.717. The first-order chi connectivity index (χ1) is 12.0. The fourth-order valence-electron chi connectivity index (χ4n) is 3.62. The van der Waals surface area contributed by atoms with Gasteiger partial charge in [-0.1, -0.05) is 30.3 Å². The van der Waals surface area contributed by atoms with Gasteiger partial charge < -0.3 is 15.0 Å². The van der Waals surface area contributed by atoms with Gasteiger partial charge in [-0.2, -0.15) is 0 Å². The molecule has 2 heterocycles. The molecule has 2 aromatic carbocycles. The van der Waals surface area contributed by atoms with Crippen LogP contribution in [-0.2, 0) is 6.42 Å². The van der Waals surface area contributed by atoms with Crippen molar-refractivity contribution < 1.29 is 9.90 Å². The van der Waals surface area contributed by atoms with E-state index in [9.17, 15) is 14.7 Å². The van der Waals surface area contributed by atoms with Gasteiger partial charge in [0.2, 0.25) is 0 Å². The molecule has 3 aromatic rings. The average molecular weight is 334 g/mol. The standard InChI is InChI=1S/C20H18N2O3/c1-11-6-3-4-9-15(11)21-19(24)16-18(23)14-8-5-7-13-10-12(2)22(17(13)14)20(16)25/h3-9,12,23H,10H2,1-2H3,(H,21,24)/t12-/m0/s1. The van der Waals surface area contributed by atoms with E-state index in [4.69, 9.17) is 0 Å². The zero-order valence-corrected chi connectivity index (χ0v) is 14.0. The molecule has 126 valence electrons. The van der Waals surface area contributed by atoms with E-state index < -0.39 is 11.5 Å². The van der Waals surface area contributed by atoms with Gasteiger partial charge in [-0.25, -0.2) is 0 Å². The molecule has 25 heavy (non-hydrogen) atoms. The molecular formula is C20H18N2O3. The van der Waals surface area contributed by atoms with Gasteiger partial charge in [0, 0.05) is 17.1 Å². The molecular weight excluding hydrogens is 316 g/mol. The first-order valence-corrected chi connectivity index (χ1v) is 8.25. The summed E-state index contributed by atoms with van der Waals surface area (Å²) < 4.78 is 1.62. The Morgan fingerprint density at radius 2 is 1.96 bits per heavy atom. The van der Waals surface area contributed by atoms with E-state index in [1.165, 1.54) is 0 Å². The minimum atomic E-state index is -0.591. The fraction of sp³-hybridized carbons (Fsp3) is 0.200. The molecule has 0 spiro atoms. The third-order valence-corrected chi connectivity index (χ3v) is 4.86. The van der Waals surface area contributed by atoms with Crippen molar-refractivity contribution in [3.8, 4) is 5.75 Å². The summed E-state index contributed by atoms with van der Waals surface area (Å²) in [4.78, 5) is 25.7. The number of aromatic nitrogens is 1. The number of para-hydroxylation sites is 2. The number of nitrogens with one attached hydrogen (secondary N) is 1. The Hall–Kier alpha value is -3.08. The van der Waals surface area contributed by atoms with E-state index in [2.05, 4.69) is 5.32 Å². The molecule has 2 N–H and O–H groups in total. The zero-order chi connectivity index (χ0) is 17.7. The summed E-state index contributed by atoms with van der Waals surface area (Å²) >= 11 is 0. The molecule has 0 fully saturated rings. The SMILES string of the molecule is Cc1ccccc1NC(=O)c1c(O)c2cccc3c2n(c1=O)[C@@H](C)C3. The lowest BCUT2D eigenvalue weighted by Crippen LogP contribution is -2.30. The van der Waals surface area contributed by atoms with E-state index in [-0.39, 0.29) is 17.4 Å². The summed E-state index contributed by atoms with van der Waals surface area (Å²) in [5.74, 6) is -0.842. The number of aryl methyl sites for hydroxylation is 1. The molecule has 5 nitrogen and oxygen atoms in total. The van der Waals surface area contributed by atoms with Crippen molar-refractivity contribution in [2.45, 2.75) is 26.3 Å². The molecule has 1 amide bonds. The molecule has 0 saturated heterocycles. The number of carbonyl (C=O) groups excluding carboxylic acids is 1. The molecule has 0 radical (unpaired) electrons. The third-order valence-electron chi connectivity index (χ3n) is 4.86. The number of amides is 1. The molecule has 0 saturated carbocycles. The van der Waals surface area contributed by atoms with Crippen molar-refractivity contribution >= 4 is 22.5 Å². The Labute approximate surface area is 144 Å². The fourth-order valence-corrected chi connectivity index (χ4v) is 3.62. The lowest BCUT2D eigenvalue weighted by atomic mass is 10.1. The minimum absolute atomic E-state index is 0.0435. The summed E-state index contributed by atoms with van der Waals surface area (Å²) in [6, 6.07) is 12.8.